The Hall–Kier alpha value is -2.88. The fourth-order valence-corrected chi connectivity index (χ4v) is 3.22. The second kappa shape index (κ2) is 7.63. The first kappa shape index (κ1) is 18.5. The van der Waals surface area contributed by atoms with Crippen LogP contribution in [0.1, 0.15) is 42.6 Å². The molecule has 0 atom stereocenters. The van der Waals surface area contributed by atoms with E-state index in [9.17, 15) is 9.18 Å². The lowest BCUT2D eigenvalue weighted by molar-refractivity contribution is -0.121. The number of H-pyrrole nitrogens is 1. The van der Waals surface area contributed by atoms with Crippen LogP contribution < -0.4 is 5.32 Å². The van der Waals surface area contributed by atoms with E-state index >= 15 is 0 Å². The predicted octanol–water partition coefficient (Wildman–Crippen LogP) is 3.02. The zero-order chi connectivity index (χ0) is 19.7. The van der Waals surface area contributed by atoms with Gasteiger partial charge in [-0.25, -0.2) is 4.39 Å². The van der Waals surface area contributed by atoms with Crippen LogP contribution in [0.25, 0.3) is 11.4 Å². The lowest BCUT2D eigenvalue weighted by Crippen LogP contribution is -2.25. The molecule has 0 aliphatic heterocycles. The Labute approximate surface area is 165 Å². The summed E-state index contributed by atoms with van der Waals surface area (Å²) in [5.41, 5.74) is 1.17. The maximum absolute atomic E-state index is 13.4. The number of nitrogens with zero attached hydrogens (tertiary/aromatic N) is 4. The predicted molar refractivity (Wildman–Crippen MR) is 100 cm³/mol. The van der Waals surface area contributed by atoms with Crippen molar-refractivity contribution in [3.8, 4) is 11.4 Å². The van der Waals surface area contributed by atoms with Gasteiger partial charge in [-0.3, -0.25) is 14.5 Å². The molecule has 0 saturated heterocycles. The summed E-state index contributed by atoms with van der Waals surface area (Å²) < 4.78 is 21.1. The van der Waals surface area contributed by atoms with Crippen LogP contribution in [0.4, 0.5) is 4.39 Å². The highest BCUT2D eigenvalue weighted by atomic mass is 32.1. The fourth-order valence-electron chi connectivity index (χ4n) is 2.92. The van der Waals surface area contributed by atoms with Crippen LogP contribution in [-0.2, 0) is 17.8 Å². The van der Waals surface area contributed by atoms with E-state index in [2.05, 4.69) is 25.7 Å². The van der Waals surface area contributed by atoms with Crippen molar-refractivity contribution in [1.29, 1.82) is 0 Å². The van der Waals surface area contributed by atoms with Gasteiger partial charge in [0.2, 0.25) is 17.6 Å². The summed E-state index contributed by atoms with van der Waals surface area (Å²) in [7, 11) is 0. The summed E-state index contributed by atoms with van der Waals surface area (Å²) in [5, 5.41) is 13.7. The van der Waals surface area contributed by atoms with Gasteiger partial charge in [-0.05, 0) is 55.7 Å². The highest BCUT2D eigenvalue weighted by molar-refractivity contribution is 7.71. The third-order valence-electron chi connectivity index (χ3n) is 4.58. The zero-order valence-corrected chi connectivity index (χ0v) is 16.1. The Balaban J connectivity index is 1.31. The Morgan fingerprint density at radius 2 is 2.29 bits per heavy atom. The third kappa shape index (κ3) is 4.01. The number of nitrogens with one attached hydrogen (secondary N) is 2. The molecule has 2 heterocycles. The first-order valence-corrected chi connectivity index (χ1v) is 9.43. The van der Waals surface area contributed by atoms with Crippen LogP contribution in [0.3, 0.4) is 0 Å². The molecule has 1 aliphatic rings. The number of carbonyl (C=O) groups excluding carboxylic acids is 1. The minimum atomic E-state index is -0.285. The average molecular weight is 402 g/mol. The minimum absolute atomic E-state index is 0.145. The molecule has 1 amide bonds. The summed E-state index contributed by atoms with van der Waals surface area (Å²) >= 11 is 5.23. The van der Waals surface area contributed by atoms with Crippen molar-refractivity contribution in [2.24, 2.45) is 0 Å². The van der Waals surface area contributed by atoms with Gasteiger partial charge in [0.05, 0.1) is 6.54 Å². The molecule has 0 radical (unpaired) electrons. The Morgan fingerprint density at radius 1 is 1.46 bits per heavy atom. The molecule has 4 rings (SSSR count). The van der Waals surface area contributed by atoms with Gasteiger partial charge in [-0.15, -0.1) is 0 Å². The number of halogens is 1. The number of aromatic nitrogens is 5. The van der Waals surface area contributed by atoms with Gasteiger partial charge >= 0.3 is 0 Å². The number of rotatable bonds is 7. The van der Waals surface area contributed by atoms with E-state index in [-0.39, 0.29) is 18.1 Å². The molecule has 2 aromatic heterocycles. The summed E-state index contributed by atoms with van der Waals surface area (Å²) in [6.07, 6.45) is 2.69. The third-order valence-corrected chi connectivity index (χ3v) is 4.87. The number of amides is 1. The number of benzene rings is 1. The molecule has 146 valence electrons. The summed E-state index contributed by atoms with van der Waals surface area (Å²) in [5.74, 6) is 1.03. The van der Waals surface area contributed by atoms with Gasteiger partial charge in [-0.2, -0.15) is 10.1 Å². The topological polar surface area (TPSA) is 102 Å². The zero-order valence-electron chi connectivity index (χ0n) is 15.2. The molecule has 0 unspecified atom stereocenters. The van der Waals surface area contributed by atoms with E-state index in [0.717, 1.165) is 18.7 Å². The average Bonchev–Trinajstić information content (AvgIpc) is 3.27. The fraction of sp³-hybridized carbons (Fsp3) is 0.389. The molecule has 1 aromatic carbocycles. The molecule has 1 fully saturated rings. The number of aryl methyl sites for hydroxylation is 2. The number of carbonyl (C=O) groups is 1. The van der Waals surface area contributed by atoms with Crippen molar-refractivity contribution in [3.63, 3.8) is 0 Å². The van der Waals surface area contributed by atoms with Crippen LogP contribution in [0.15, 0.2) is 22.7 Å². The van der Waals surface area contributed by atoms with Crippen LogP contribution in [0, 0.1) is 17.5 Å². The van der Waals surface area contributed by atoms with Crippen molar-refractivity contribution in [2.75, 3.05) is 0 Å². The molecule has 1 saturated carbocycles. The first-order valence-electron chi connectivity index (χ1n) is 9.03. The second-order valence-corrected chi connectivity index (χ2v) is 7.19. The Bertz CT molecular complexity index is 1070. The summed E-state index contributed by atoms with van der Waals surface area (Å²) in [6, 6.07) is 5.01. The van der Waals surface area contributed by atoms with E-state index in [0.29, 0.717) is 46.6 Å². The summed E-state index contributed by atoms with van der Waals surface area (Å²) in [6.45, 7) is 1.98. The van der Waals surface area contributed by atoms with E-state index < -0.39 is 0 Å². The highest BCUT2D eigenvalue weighted by Crippen LogP contribution is 2.35. The largest absolute Gasteiger partial charge is 0.349 e. The molecule has 10 heteroatoms. The van der Waals surface area contributed by atoms with Crippen LogP contribution in [0.2, 0.25) is 0 Å². The van der Waals surface area contributed by atoms with Crippen molar-refractivity contribution >= 4 is 18.1 Å². The standard InChI is InChI=1S/C18H19FN6O2S/c1-10-8-11(2-5-13(10)19)17-21-16(27-24-17)7-6-15(26)20-9-14-22-23-18(28)25(14)12-3-4-12/h2,5,8,12H,3-4,6-7,9H2,1H3,(H,20,26)(H,23,28). The number of hydrogen-bond acceptors (Lipinski definition) is 6. The van der Waals surface area contributed by atoms with E-state index in [4.69, 9.17) is 16.7 Å². The monoisotopic (exact) mass is 402 g/mol. The lowest BCUT2D eigenvalue weighted by atomic mass is 10.1. The van der Waals surface area contributed by atoms with E-state index in [1.165, 1.54) is 6.07 Å². The number of aromatic amines is 1. The maximum Gasteiger partial charge on any atom is 0.227 e. The van der Waals surface area contributed by atoms with Gasteiger partial charge in [0.1, 0.15) is 5.82 Å². The molecule has 2 N–H and O–H groups in total. The Kier molecular flexibility index (Phi) is 5.03. The van der Waals surface area contributed by atoms with Crippen LogP contribution >= 0.6 is 12.2 Å². The number of hydrogen-bond donors (Lipinski definition) is 2. The highest BCUT2D eigenvalue weighted by Gasteiger charge is 2.27. The molecule has 3 aromatic rings. The first-order chi connectivity index (χ1) is 13.5. The second-order valence-electron chi connectivity index (χ2n) is 6.80. The smallest absolute Gasteiger partial charge is 0.227 e. The van der Waals surface area contributed by atoms with Crippen LogP contribution in [-0.4, -0.2) is 30.8 Å². The van der Waals surface area contributed by atoms with Gasteiger partial charge in [0.25, 0.3) is 0 Å². The maximum atomic E-state index is 13.4. The van der Waals surface area contributed by atoms with Gasteiger partial charge in [-0.1, -0.05) is 5.16 Å². The van der Waals surface area contributed by atoms with Gasteiger partial charge in [0, 0.05) is 24.4 Å². The molecule has 28 heavy (non-hydrogen) atoms. The SMILES string of the molecule is Cc1cc(-c2noc(CCC(=O)NCc3n[nH]c(=S)n3C3CC3)n2)ccc1F. The molecule has 0 spiro atoms. The lowest BCUT2D eigenvalue weighted by Gasteiger charge is -2.06. The molecule has 1 aliphatic carbocycles. The minimum Gasteiger partial charge on any atom is -0.349 e. The molecule has 0 bridgehead atoms. The van der Waals surface area contributed by atoms with Crippen molar-refractivity contribution < 1.29 is 13.7 Å². The quantitative estimate of drug-likeness (QED) is 0.589. The van der Waals surface area contributed by atoms with Crippen molar-refractivity contribution in [1.82, 2.24) is 30.2 Å². The van der Waals surface area contributed by atoms with Crippen molar-refractivity contribution in [3.05, 3.63) is 46.1 Å². The van der Waals surface area contributed by atoms with E-state index in [1.54, 1.807) is 19.1 Å². The molecule has 8 nitrogen and oxygen atoms in total. The van der Waals surface area contributed by atoms with Gasteiger partial charge < -0.3 is 9.84 Å². The van der Waals surface area contributed by atoms with Crippen LogP contribution in [0.5, 0.6) is 0 Å². The normalized spacial score (nSPS) is 13.6. The molecular weight excluding hydrogens is 383 g/mol. The molecular formula is C18H19FN6O2S. The van der Waals surface area contributed by atoms with E-state index in [1.807, 2.05) is 4.57 Å². The van der Waals surface area contributed by atoms with Crippen molar-refractivity contribution in [2.45, 2.75) is 45.2 Å². The Morgan fingerprint density at radius 3 is 3.04 bits per heavy atom. The summed E-state index contributed by atoms with van der Waals surface area (Å²) in [4.78, 5) is 16.4. The van der Waals surface area contributed by atoms with Gasteiger partial charge in [0.15, 0.2) is 10.6 Å².